The van der Waals surface area contributed by atoms with Gasteiger partial charge in [-0.15, -0.1) is 0 Å². The molecule has 1 heteroatoms. The van der Waals surface area contributed by atoms with Crippen LogP contribution in [0.5, 0.6) is 0 Å². The van der Waals surface area contributed by atoms with Crippen LogP contribution in [0.2, 0.25) is 0 Å². The average Bonchev–Trinajstić information content (AvgIpc) is 3.05. The Morgan fingerprint density at radius 3 is 1.75 bits per heavy atom. The third kappa shape index (κ3) is 5.15. The third-order valence-corrected chi connectivity index (χ3v) is 7.79. The predicted octanol–water partition coefficient (Wildman–Crippen LogP) is 7.95. The molecule has 32 heavy (non-hydrogen) atoms. The van der Waals surface area contributed by atoms with Crippen LogP contribution in [-0.4, -0.2) is 23.0 Å². The van der Waals surface area contributed by atoms with E-state index in [1.165, 1.54) is 35.1 Å². The van der Waals surface area contributed by atoms with Crippen LogP contribution in [0.25, 0.3) is 11.1 Å². The second-order valence-electron chi connectivity index (χ2n) is 11.0. The maximum Gasteiger partial charge on any atom is 0.0161 e. The zero-order valence-electron chi connectivity index (χ0n) is 20.5. The Morgan fingerprint density at radius 2 is 1.22 bits per heavy atom. The van der Waals surface area contributed by atoms with Gasteiger partial charge >= 0.3 is 0 Å². The molecule has 2 aliphatic rings. The van der Waals surface area contributed by atoms with E-state index in [1.54, 1.807) is 0 Å². The van der Waals surface area contributed by atoms with Gasteiger partial charge in [0, 0.05) is 11.1 Å². The molecular formula is C31H39N. The van der Waals surface area contributed by atoms with Gasteiger partial charge in [-0.2, -0.15) is 0 Å². The molecule has 1 saturated heterocycles. The molecule has 0 radical (unpaired) electrons. The summed E-state index contributed by atoms with van der Waals surface area (Å²) in [4.78, 5) is 2.56. The van der Waals surface area contributed by atoms with E-state index >= 15 is 0 Å². The molecule has 1 aliphatic heterocycles. The van der Waals surface area contributed by atoms with Gasteiger partial charge in [-0.3, -0.25) is 4.90 Å². The summed E-state index contributed by atoms with van der Waals surface area (Å²) in [6, 6.07) is 18.5. The lowest BCUT2D eigenvalue weighted by Gasteiger charge is -2.54. The van der Waals surface area contributed by atoms with Crippen LogP contribution in [-0.2, 0) is 6.42 Å². The smallest absolute Gasteiger partial charge is 0.0161 e. The summed E-state index contributed by atoms with van der Waals surface area (Å²) in [7, 11) is 2.28. The van der Waals surface area contributed by atoms with Crippen LogP contribution in [0.3, 0.4) is 0 Å². The van der Waals surface area contributed by atoms with Crippen molar-refractivity contribution in [1.29, 1.82) is 0 Å². The first-order valence-electron chi connectivity index (χ1n) is 12.2. The minimum Gasteiger partial charge on any atom is -0.296 e. The quantitative estimate of drug-likeness (QED) is 0.470. The Labute approximate surface area is 195 Å². The highest BCUT2D eigenvalue weighted by Crippen LogP contribution is 2.44. The van der Waals surface area contributed by atoms with Crippen molar-refractivity contribution in [3.05, 3.63) is 96.1 Å². The van der Waals surface area contributed by atoms with Crippen molar-refractivity contribution in [3.63, 3.8) is 0 Å². The molecule has 0 amide bonds. The van der Waals surface area contributed by atoms with Crippen LogP contribution in [0.1, 0.15) is 64.0 Å². The molecule has 0 atom stereocenters. The number of benzene rings is 2. The maximum atomic E-state index is 2.56. The maximum absolute atomic E-state index is 2.56. The summed E-state index contributed by atoms with van der Waals surface area (Å²) >= 11 is 0. The lowest BCUT2D eigenvalue weighted by Crippen LogP contribution is -2.58. The van der Waals surface area contributed by atoms with Crippen molar-refractivity contribution in [3.8, 4) is 11.1 Å². The number of aryl methyl sites for hydroxylation is 1. The lowest BCUT2D eigenvalue weighted by molar-refractivity contribution is -0.0128. The molecule has 1 fully saturated rings. The lowest BCUT2D eigenvalue weighted by atomic mass is 9.71. The highest BCUT2D eigenvalue weighted by atomic mass is 15.2. The molecule has 1 heterocycles. The van der Waals surface area contributed by atoms with E-state index in [0.29, 0.717) is 11.8 Å². The number of hydrogen-bond donors (Lipinski definition) is 0. The van der Waals surface area contributed by atoms with Crippen LogP contribution in [0, 0.1) is 5.92 Å². The molecule has 0 saturated carbocycles. The van der Waals surface area contributed by atoms with Gasteiger partial charge in [-0.25, -0.2) is 0 Å². The predicted molar refractivity (Wildman–Crippen MR) is 139 cm³/mol. The largest absolute Gasteiger partial charge is 0.296 e. The van der Waals surface area contributed by atoms with Gasteiger partial charge in [0.2, 0.25) is 0 Å². The number of nitrogens with zero attached hydrogens (tertiary/aromatic N) is 1. The van der Waals surface area contributed by atoms with Crippen molar-refractivity contribution in [2.45, 2.75) is 70.4 Å². The summed E-state index contributed by atoms with van der Waals surface area (Å²) in [5.41, 5.74) is 5.97. The fourth-order valence-electron chi connectivity index (χ4n) is 5.55. The third-order valence-electron chi connectivity index (χ3n) is 7.79. The Kier molecular flexibility index (Phi) is 6.58. The molecule has 2 aromatic carbocycles. The number of allylic oxidation sites excluding steroid dienone is 6. The van der Waals surface area contributed by atoms with Gasteiger partial charge < -0.3 is 0 Å². The molecule has 0 aromatic heterocycles. The minimum absolute atomic E-state index is 0.222. The Hall–Kier alpha value is -2.38. The number of rotatable bonds is 5. The molecule has 0 bridgehead atoms. The van der Waals surface area contributed by atoms with Crippen molar-refractivity contribution >= 4 is 0 Å². The van der Waals surface area contributed by atoms with Crippen molar-refractivity contribution in [2.75, 3.05) is 7.05 Å². The van der Waals surface area contributed by atoms with Gasteiger partial charge in [-0.05, 0) is 94.5 Å². The van der Waals surface area contributed by atoms with E-state index in [1.807, 2.05) is 0 Å². The summed E-state index contributed by atoms with van der Waals surface area (Å²) in [6.07, 6.45) is 17.8. The van der Waals surface area contributed by atoms with Crippen molar-refractivity contribution in [1.82, 2.24) is 4.90 Å². The van der Waals surface area contributed by atoms with E-state index < -0.39 is 0 Å². The Bertz CT molecular complexity index is 952. The van der Waals surface area contributed by atoms with Crippen LogP contribution < -0.4 is 0 Å². The molecule has 2 aromatic rings. The fraction of sp³-hybridized carbons (Fsp3) is 0.419. The molecule has 1 nitrogen and oxygen atoms in total. The van der Waals surface area contributed by atoms with Crippen LogP contribution >= 0.6 is 0 Å². The number of piperidine rings is 1. The van der Waals surface area contributed by atoms with Gasteiger partial charge in [0.05, 0.1) is 0 Å². The van der Waals surface area contributed by atoms with Gasteiger partial charge in [-0.1, -0.05) is 85.0 Å². The Morgan fingerprint density at radius 1 is 0.719 bits per heavy atom. The number of likely N-dealkylation sites (tertiary alicyclic amines) is 1. The normalized spacial score (nSPS) is 21.0. The summed E-state index contributed by atoms with van der Waals surface area (Å²) in [5, 5.41) is 0. The van der Waals surface area contributed by atoms with E-state index in [9.17, 15) is 0 Å². The summed E-state index contributed by atoms with van der Waals surface area (Å²) in [5.74, 6) is 1.15. The molecule has 0 spiro atoms. The molecular weight excluding hydrogens is 386 g/mol. The monoisotopic (exact) mass is 425 g/mol. The second kappa shape index (κ2) is 9.24. The van der Waals surface area contributed by atoms with E-state index in [-0.39, 0.29) is 11.1 Å². The zero-order chi connectivity index (χ0) is 22.8. The van der Waals surface area contributed by atoms with Crippen molar-refractivity contribution < 1.29 is 0 Å². The summed E-state index contributed by atoms with van der Waals surface area (Å²) < 4.78 is 0. The summed E-state index contributed by atoms with van der Waals surface area (Å²) in [6.45, 7) is 9.54. The van der Waals surface area contributed by atoms with E-state index in [4.69, 9.17) is 0 Å². The average molecular weight is 426 g/mol. The first kappa shape index (κ1) is 22.8. The van der Waals surface area contributed by atoms with Gasteiger partial charge in [0.1, 0.15) is 0 Å². The Balaban J connectivity index is 1.41. The molecule has 1 aliphatic carbocycles. The molecule has 168 valence electrons. The SMILES string of the molecule is CN1C(C)(C)CC(c2ccc(-c3ccc(CCC4C=CC=CC=C4)cc3)cc2)CC1(C)C. The molecule has 0 unspecified atom stereocenters. The van der Waals surface area contributed by atoms with E-state index in [0.717, 1.165) is 12.8 Å². The molecule has 4 rings (SSSR count). The molecule has 0 N–H and O–H groups in total. The van der Waals surface area contributed by atoms with Gasteiger partial charge in [0.15, 0.2) is 0 Å². The first-order chi connectivity index (χ1) is 15.2. The minimum atomic E-state index is 0.222. The highest BCUT2D eigenvalue weighted by molar-refractivity contribution is 5.64. The standard InChI is InChI=1S/C31H39N/c1-30(2)22-29(23-31(3,4)32(30)5)28-20-18-27(19-21-28)26-16-14-25(15-17-26)13-12-24-10-8-6-7-9-11-24/h6-11,14-21,24,29H,12-13,22-23H2,1-5H3. The topological polar surface area (TPSA) is 3.24 Å². The van der Waals surface area contributed by atoms with Crippen LogP contribution in [0.4, 0.5) is 0 Å². The second-order valence-corrected chi connectivity index (χ2v) is 11.0. The highest BCUT2D eigenvalue weighted by Gasteiger charge is 2.43. The number of hydrogen-bond acceptors (Lipinski definition) is 1. The van der Waals surface area contributed by atoms with E-state index in [2.05, 4.69) is 125 Å². The van der Waals surface area contributed by atoms with Crippen molar-refractivity contribution in [2.24, 2.45) is 5.92 Å². The fourth-order valence-corrected chi connectivity index (χ4v) is 5.55. The van der Waals surface area contributed by atoms with Crippen LogP contribution in [0.15, 0.2) is 85.0 Å². The van der Waals surface area contributed by atoms with Gasteiger partial charge in [0.25, 0.3) is 0 Å². The zero-order valence-corrected chi connectivity index (χ0v) is 20.5. The first-order valence-corrected chi connectivity index (χ1v) is 12.2.